The first-order valence-electron chi connectivity index (χ1n) is 7.05. The molecular formula is C15H20N2O5. The van der Waals surface area contributed by atoms with E-state index in [1.165, 1.54) is 14.2 Å². The highest BCUT2D eigenvalue weighted by atomic mass is 16.5. The first-order valence-corrected chi connectivity index (χ1v) is 7.05. The number of benzene rings is 1. The van der Waals surface area contributed by atoms with Gasteiger partial charge in [-0.2, -0.15) is 0 Å². The summed E-state index contributed by atoms with van der Waals surface area (Å²) in [5.41, 5.74) is 0.582. The van der Waals surface area contributed by atoms with Crippen LogP contribution in [-0.2, 0) is 4.79 Å². The van der Waals surface area contributed by atoms with Crippen LogP contribution in [0.15, 0.2) is 18.2 Å². The summed E-state index contributed by atoms with van der Waals surface area (Å²) >= 11 is 0. The topological polar surface area (TPSA) is 88.1 Å². The SMILES string of the molecule is COc1cccc(C(CC(=O)O)NC(=O)N2CCC2)c1OC. The summed E-state index contributed by atoms with van der Waals surface area (Å²) in [5, 5.41) is 11.9. The number of carboxylic acids is 1. The molecule has 7 heteroatoms. The third-order valence-corrected chi connectivity index (χ3v) is 3.63. The fraction of sp³-hybridized carbons (Fsp3) is 0.467. The maximum absolute atomic E-state index is 12.1. The van der Waals surface area contributed by atoms with Crippen LogP contribution in [-0.4, -0.2) is 49.3 Å². The summed E-state index contributed by atoms with van der Waals surface area (Å²) in [6.07, 6.45) is 0.739. The minimum atomic E-state index is -1.00. The smallest absolute Gasteiger partial charge is 0.317 e. The molecule has 7 nitrogen and oxygen atoms in total. The molecule has 1 fully saturated rings. The van der Waals surface area contributed by atoms with E-state index in [4.69, 9.17) is 14.6 Å². The highest BCUT2D eigenvalue weighted by Crippen LogP contribution is 2.35. The quantitative estimate of drug-likeness (QED) is 0.834. The lowest BCUT2D eigenvalue weighted by atomic mass is 10.0. The Morgan fingerprint density at radius 3 is 2.55 bits per heavy atom. The number of amides is 2. The van der Waals surface area contributed by atoms with Gasteiger partial charge in [0.15, 0.2) is 11.5 Å². The number of nitrogens with one attached hydrogen (secondary N) is 1. The van der Waals surface area contributed by atoms with E-state index >= 15 is 0 Å². The number of carboxylic acid groups (broad SMARTS) is 1. The van der Waals surface area contributed by atoms with E-state index in [-0.39, 0.29) is 12.5 Å². The number of rotatable bonds is 6. The number of likely N-dealkylation sites (tertiary alicyclic amines) is 1. The molecule has 2 rings (SSSR count). The van der Waals surface area contributed by atoms with Gasteiger partial charge in [0.1, 0.15) is 0 Å². The Morgan fingerprint density at radius 1 is 1.32 bits per heavy atom. The molecule has 0 radical (unpaired) electrons. The fourth-order valence-electron chi connectivity index (χ4n) is 2.36. The minimum absolute atomic E-state index is 0.233. The molecule has 1 saturated heterocycles. The number of carbonyl (C=O) groups excluding carboxylic acids is 1. The average Bonchev–Trinajstić information content (AvgIpc) is 2.43. The predicted molar refractivity (Wildman–Crippen MR) is 79.3 cm³/mol. The Kier molecular flexibility index (Phi) is 5.08. The van der Waals surface area contributed by atoms with Gasteiger partial charge in [-0.3, -0.25) is 4.79 Å². The second-order valence-corrected chi connectivity index (χ2v) is 5.02. The number of ether oxygens (including phenoxy) is 2. The average molecular weight is 308 g/mol. The van der Waals surface area contributed by atoms with Crippen LogP contribution in [0.4, 0.5) is 4.79 Å². The van der Waals surface area contributed by atoms with Gasteiger partial charge in [-0.15, -0.1) is 0 Å². The van der Waals surface area contributed by atoms with E-state index in [9.17, 15) is 9.59 Å². The van der Waals surface area contributed by atoms with Crippen LogP contribution < -0.4 is 14.8 Å². The molecule has 0 aliphatic carbocycles. The Labute approximate surface area is 128 Å². The number of carbonyl (C=O) groups is 2. The van der Waals surface area contributed by atoms with Gasteiger partial charge < -0.3 is 24.8 Å². The zero-order valence-electron chi connectivity index (χ0n) is 12.7. The first kappa shape index (κ1) is 15.9. The lowest BCUT2D eigenvalue weighted by Gasteiger charge is -2.33. The van der Waals surface area contributed by atoms with Crippen molar-refractivity contribution in [2.24, 2.45) is 0 Å². The van der Waals surface area contributed by atoms with Crippen molar-refractivity contribution in [3.63, 3.8) is 0 Å². The Bertz CT molecular complexity index is 557. The molecule has 0 aromatic heterocycles. The largest absolute Gasteiger partial charge is 0.493 e. The summed E-state index contributed by atoms with van der Waals surface area (Å²) in [6, 6.07) is 4.24. The molecule has 2 N–H and O–H groups in total. The lowest BCUT2D eigenvalue weighted by molar-refractivity contribution is -0.137. The summed E-state index contributed by atoms with van der Waals surface area (Å²) in [6.45, 7) is 1.39. The summed E-state index contributed by atoms with van der Waals surface area (Å²) in [4.78, 5) is 24.9. The molecule has 1 atom stereocenters. The molecule has 120 valence electrons. The third kappa shape index (κ3) is 3.41. The van der Waals surface area contributed by atoms with Gasteiger partial charge in [-0.1, -0.05) is 12.1 Å². The highest BCUT2D eigenvalue weighted by molar-refractivity contribution is 5.77. The molecular weight excluding hydrogens is 288 g/mol. The summed E-state index contributed by atoms with van der Waals surface area (Å²) in [5.74, 6) is -0.0764. The number of aliphatic carboxylic acids is 1. The van der Waals surface area contributed by atoms with Gasteiger partial charge in [0.2, 0.25) is 0 Å². The molecule has 0 bridgehead atoms. The minimum Gasteiger partial charge on any atom is -0.493 e. The van der Waals surface area contributed by atoms with Gasteiger partial charge >= 0.3 is 12.0 Å². The molecule has 0 spiro atoms. The fourth-order valence-corrected chi connectivity index (χ4v) is 2.36. The maximum Gasteiger partial charge on any atom is 0.317 e. The van der Waals surface area contributed by atoms with E-state index in [0.717, 1.165) is 6.42 Å². The van der Waals surface area contributed by atoms with Crippen molar-refractivity contribution in [2.75, 3.05) is 27.3 Å². The zero-order chi connectivity index (χ0) is 16.1. The van der Waals surface area contributed by atoms with Gasteiger partial charge in [0, 0.05) is 18.7 Å². The van der Waals surface area contributed by atoms with Crippen molar-refractivity contribution >= 4 is 12.0 Å². The van der Waals surface area contributed by atoms with E-state index in [2.05, 4.69) is 5.32 Å². The molecule has 0 saturated carbocycles. The number of methoxy groups -OCH3 is 2. The van der Waals surface area contributed by atoms with Crippen molar-refractivity contribution < 1.29 is 24.2 Å². The van der Waals surface area contributed by atoms with Crippen molar-refractivity contribution in [3.05, 3.63) is 23.8 Å². The van der Waals surface area contributed by atoms with Gasteiger partial charge in [0.05, 0.1) is 26.7 Å². The number of hydrogen-bond acceptors (Lipinski definition) is 4. The Morgan fingerprint density at radius 2 is 2.05 bits per heavy atom. The van der Waals surface area contributed by atoms with E-state index < -0.39 is 12.0 Å². The summed E-state index contributed by atoms with van der Waals surface area (Å²) in [7, 11) is 2.99. The molecule has 1 aliphatic heterocycles. The van der Waals surface area contributed by atoms with Crippen molar-refractivity contribution in [1.29, 1.82) is 0 Å². The third-order valence-electron chi connectivity index (χ3n) is 3.63. The Balaban J connectivity index is 2.27. The monoisotopic (exact) mass is 308 g/mol. The van der Waals surface area contributed by atoms with Gasteiger partial charge in [-0.05, 0) is 12.5 Å². The number of para-hydroxylation sites is 1. The van der Waals surface area contributed by atoms with Crippen LogP contribution in [0.1, 0.15) is 24.4 Å². The van der Waals surface area contributed by atoms with Crippen LogP contribution in [0.3, 0.4) is 0 Å². The number of nitrogens with zero attached hydrogens (tertiary/aromatic N) is 1. The predicted octanol–water partition coefficient (Wildman–Crippen LogP) is 1.63. The van der Waals surface area contributed by atoms with Gasteiger partial charge in [0.25, 0.3) is 0 Å². The molecule has 1 unspecified atom stereocenters. The van der Waals surface area contributed by atoms with Crippen LogP contribution in [0.5, 0.6) is 11.5 Å². The molecule has 1 aliphatic rings. The first-order chi connectivity index (χ1) is 10.6. The number of urea groups is 1. The highest BCUT2D eigenvalue weighted by Gasteiger charge is 2.27. The van der Waals surface area contributed by atoms with Crippen LogP contribution in [0, 0.1) is 0 Å². The summed E-state index contributed by atoms with van der Waals surface area (Å²) < 4.78 is 10.6. The zero-order valence-corrected chi connectivity index (χ0v) is 12.7. The van der Waals surface area contributed by atoms with E-state index in [1.54, 1.807) is 23.1 Å². The number of hydrogen-bond donors (Lipinski definition) is 2. The normalized spacial score (nSPS) is 14.7. The lowest BCUT2D eigenvalue weighted by Crippen LogP contribution is -2.48. The maximum atomic E-state index is 12.1. The van der Waals surface area contributed by atoms with Crippen LogP contribution in [0.25, 0.3) is 0 Å². The van der Waals surface area contributed by atoms with Crippen molar-refractivity contribution in [2.45, 2.75) is 18.9 Å². The van der Waals surface area contributed by atoms with Gasteiger partial charge in [-0.25, -0.2) is 4.79 Å². The van der Waals surface area contributed by atoms with Crippen molar-refractivity contribution in [3.8, 4) is 11.5 Å². The standard InChI is InChI=1S/C15H20N2O5/c1-21-12-6-3-5-10(14(12)22-2)11(9-13(18)19)16-15(20)17-7-4-8-17/h3,5-6,11H,4,7-9H2,1-2H3,(H,16,20)(H,18,19). The molecule has 2 amide bonds. The van der Waals surface area contributed by atoms with E-state index in [1.807, 2.05) is 0 Å². The molecule has 1 heterocycles. The molecule has 1 aromatic rings. The van der Waals surface area contributed by atoms with Crippen LogP contribution >= 0.6 is 0 Å². The molecule has 1 aromatic carbocycles. The Hall–Kier alpha value is -2.44. The second kappa shape index (κ2) is 7.02. The van der Waals surface area contributed by atoms with E-state index in [0.29, 0.717) is 30.2 Å². The van der Waals surface area contributed by atoms with Crippen LogP contribution in [0.2, 0.25) is 0 Å². The molecule has 22 heavy (non-hydrogen) atoms. The van der Waals surface area contributed by atoms with Crippen molar-refractivity contribution in [1.82, 2.24) is 10.2 Å². The second-order valence-electron chi connectivity index (χ2n) is 5.02.